The first-order valence-electron chi connectivity index (χ1n) is 11.3. The summed E-state index contributed by atoms with van der Waals surface area (Å²) in [7, 11) is 1.31. The molecule has 5 aromatic rings. The van der Waals surface area contributed by atoms with Crippen molar-refractivity contribution in [1.29, 1.82) is 0 Å². The van der Waals surface area contributed by atoms with Gasteiger partial charge >= 0.3 is 5.97 Å². The van der Waals surface area contributed by atoms with Crippen LogP contribution in [0.25, 0.3) is 32.4 Å². The van der Waals surface area contributed by atoms with Gasteiger partial charge in [0.15, 0.2) is 0 Å². The number of aryl methyl sites for hydroxylation is 1. The Bertz CT molecular complexity index is 1550. The van der Waals surface area contributed by atoms with Gasteiger partial charge in [-0.25, -0.2) is 9.78 Å². The molecule has 0 aliphatic heterocycles. The van der Waals surface area contributed by atoms with Crippen LogP contribution in [-0.2, 0) is 9.53 Å². The fourth-order valence-electron chi connectivity index (χ4n) is 3.95. The van der Waals surface area contributed by atoms with Gasteiger partial charge in [0.25, 0.3) is 5.91 Å². The molecule has 0 bridgehead atoms. The van der Waals surface area contributed by atoms with Crippen LogP contribution in [0.1, 0.15) is 27.2 Å². The Labute approximate surface area is 211 Å². The summed E-state index contributed by atoms with van der Waals surface area (Å²) in [5.41, 5.74) is 3.51. The number of benzene rings is 3. The zero-order chi connectivity index (χ0) is 25.1. The Morgan fingerprint density at radius 2 is 1.61 bits per heavy atom. The molecule has 3 aromatic carbocycles. The number of thiazole rings is 1. The molecule has 0 fully saturated rings. The van der Waals surface area contributed by atoms with Crippen LogP contribution in [0.5, 0.6) is 0 Å². The number of carbonyl (C=O) groups excluding carboxylic acids is 2. The van der Waals surface area contributed by atoms with Gasteiger partial charge in [-0.1, -0.05) is 72.8 Å². The first-order chi connectivity index (χ1) is 17.5. The number of methoxy groups -OCH3 is 1. The molecule has 1 amide bonds. The number of rotatable bonds is 6. The highest BCUT2D eigenvalue weighted by atomic mass is 32.1. The number of amides is 1. The van der Waals surface area contributed by atoms with Crippen LogP contribution >= 0.6 is 11.3 Å². The van der Waals surface area contributed by atoms with Crippen LogP contribution in [0.4, 0.5) is 5.88 Å². The van der Waals surface area contributed by atoms with Crippen LogP contribution in [0.15, 0.2) is 89.3 Å². The SMILES string of the molecule is COC(=O)c1c(C)oc(NC(=O)/C(=C\c2ccccc2)c2ccccc2)c1-c1nc2ccccc2s1. The molecule has 0 saturated heterocycles. The molecule has 0 aliphatic rings. The van der Waals surface area contributed by atoms with Crippen molar-refractivity contribution in [3.63, 3.8) is 0 Å². The average molecular weight is 495 g/mol. The zero-order valence-electron chi connectivity index (χ0n) is 19.6. The van der Waals surface area contributed by atoms with Gasteiger partial charge in [-0.15, -0.1) is 11.3 Å². The second-order valence-corrected chi connectivity index (χ2v) is 9.04. The number of furan rings is 1. The highest BCUT2D eigenvalue weighted by molar-refractivity contribution is 7.21. The number of carbonyl (C=O) groups is 2. The number of esters is 1. The Hall–Kier alpha value is -4.49. The van der Waals surface area contributed by atoms with Crippen molar-refractivity contribution in [2.75, 3.05) is 12.4 Å². The third kappa shape index (κ3) is 4.56. The number of fused-ring (bicyclic) bond motifs is 1. The van der Waals surface area contributed by atoms with Gasteiger partial charge < -0.3 is 9.15 Å². The Kier molecular flexibility index (Phi) is 6.47. The summed E-state index contributed by atoms with van der Waals surface area (Å²) in [5, 5.41) is 3.45. The number of nitrogens with zero attached hydrogens (tertiary/aromatic N) is 1. The van der Waals surface area contributed by atoms with E-state index < -0.39 is 5.97 Å². The summed E-state index contributed by atoms with van der Waals surface area (Å²) in [4.78, 5) is 31.1. The van der Waals surface area contributed by atoms with E-state index in [2.05, 4.69) is 5.32 Å². The number of anilines is 1. The summed E-state index contributed by atoms with van der Waals surface area (Å²) in [6, 6.07) is 26.7. The van der Waals surface area contributed by atoms with Gasteiger partial charge in [0.1, 0.15) is 16.3 Å². The third-order valence-corrected chi connectivity index (χ3v) is 6.70. The van der Waals surface area contributed by atoms with Gasteiger partial charge in [-0.3, -0.25) is 10.1 Å². The van der Waals surface area contributed by atoms with E-state index in [1.165, 1.54) is 18.4 Å². The Morgan fingerprint density at radius 1 is 0.944 bits per heavy atom. The van der Waals surface area contributed by atoms with E-state index in [0.717, 1.165) is 21.3 Å². The number of ether oxygens (including phenoxy) is 1. The van der Waals surface area contributed by atoms with Crippen molar-refractivity contribution in [3.8, 4) is 10.6 Å². The predicted molar refractivity (Wildman–Crippen MR) is 143 cm³/mol. The molecule has 0 aliphatic carbocycles. The number of nitrogens with one attached hydrogen (secondary N) is 1. The molecule has 36 heavy (non-hydrogen) atoms. The number of hydrogen-bond acceptors (Lipinski definition) is 6. The van der Waals surface area contributed by atoms with Crippen molar-refractivity contribution in [3.05, 3.63) is 107 Å². The fraction of sp³-hybridized carbons (Fsp3) is 0.0690. The predicted octanol–water partition coefficient (Wildman–Crippen LogP) is 6.83. The fourth-order valence-corrected chi connectivity index (χ4v) is 4.96. The molecular formula is C29H22N2O4S. The molecular weight excluding hydrogens is 472 g/mol. The summed E-state index contributed by atoms with van der Waals surface area (Å²) < 4.78 is 11.9. The maximum absolute atomic E-state index is 13.7. The van der Waals surface area contributed by atoms with E-state index >= 15 is 0 Å². The molecule has 6 nitrogen and oxygen atoms in total. The van der Waals surface area contributed by atoms with E-state index in [9.17, 15) is 9.59 Å². The highest BCUT2D eigenvalue weighted by Gasteiger charge is 2.29. The van der Waals surface area contributed by atoms with E-state index in [1.807, 2.05) is 91.0 Å². The summed E-state index contributed by atoms with van der Waals surface area (Å²) in [5.74, 6) is -0.460. The lowest BCUT2D eigenvalue weighted by Crippen LogP contribution is -2.14. The molecule has 7 heteroatoms. The van der Waals surface area contributed by atoms with Crippen LogP contribution in [0.2, 0.25) is 0 Å². The minimum absolute atomic E-state index is 0.145. The molecule has 178 valence electrons. The van der Waals surface area contributed by atoms with Crippen molar-refractivity contribution in [1.82, 2.24) is 4.98 Å². The Balaban J connectivity index is 1.61. The minimum Gasteiger partial charge on any atom is -0.465 e. The van der Waals surface area contributed by atoms with Crippen LogP contribution in [0.3, 0.4) is 0 Å². The highest BCUT2D eigenvalue weighted by Crippen LogP contribution is 2.41. The lowest BCUT2D eigenvalue weighted by molar-refractivity contribution is -0.111. The van der Waals surface area contributed by atoms with Gasteiger partial charge in [0.2, 0.25) is 5.88 Å². The zero-order valence-corrected chi connectivity index (χ0v) is 20.5. The molecule has 0 saturated carbocycles. The number of hydrogen-bond donors (Lipinski definition) is 1. The number of para-hydroxylation sites is 1. The maximum atomic E-state index is 13.7. The molecule has 0 atom stereocenters. The van der Waals surface area contributed by atoms with Gasteiger partial charge in [0, 0.05) is 5.57 Å². The third-order valence-electron chi connectivity index (χ3n) is 5.65. The van der Waals surface area contributed by atoms with Gasteiger partial charge in [0.05, 0.1) is 22.9 Å². The first-order valence-corrected chi connectivity index (χ1v) is 12.1. The summed E-state index contributed by atoms with van der Waals surface area (Å²) >= 11 is 1.41. The quantitative estimate of drug-likeness (QED) is 0.159. The van der Waals surface area contributed by atoms with E-state index in [0.29, 0.717) is 21.9 Å². The van der Waals surface area contributed by atoms with Crippen LogP contribution in [0, 0.1) is 6.92 Å². The summed E-state index contributed by atoms with van der Waals surface area (Å²) in [6.45, 7) is 1.66. The van der Waals surface area contributed by atoms with E-state index in [-0.39, 0.29) is 17.4 Å². The van der Waals surface area contributed by atoms with Crippen LogP contribution < -0.4 is 5.32 Å². The van der Waals surface area contributed by atoms with E-state index in [4.69, 9.17) is 14.1 Å². The first kappa shape index (κ1) is 23.3. The Morgan fingerprint density at radius 3 is 2.31 bits per heavy atom. The molecule has 2 heterocycles. The van der Waals surface area contributed by atoms with Gasteiger partial charge in [-0.2, -0.15) is 0 Å². The van der Waals surface area contributed by atoms with Crippen molar-refractivity contribution >= 4 is 51.0 Å². The normalized spacial score (nSPS) is 11.4. The van der Waals surface area contributed by atoms with E-state index in [1.54, 1.807) is 6.92 Å². The largest absolute Gasteiger partial charge is 0.465 e. The minimum atomic E-state index is -0.561. The maximum Gasteiger partial charge on any atom is 0.342 e. The molecule has 0 radical (unpaired) electrons. The average Bonchev–Trinajstić information content (AvgIpc) is 3.48. The lowest BCUT2D eigenvalue weighted by Gasteiger charge is -2.09. The summed E-state index contributed by atoms with van der Waals surface area (Å²) in [6.07, 6.45) is 1.82. The molecule has 5 rings (SSSR count). The molecule has 0 spiro atoms. The van der Waals surface area contributed by atoms with Crippen molar-refractivity contribution < 1.29 is 18.7 Å². The number of aromatic nitrogens is 1. The lowest BCUT2D eigenvalue weighted by atomic mass is 10.0. The molecule has 1 N–H and O–H groups in total. The second-order valence-electron chi connectivity index (χ2n) is 8.00. The molecule has 2 aromatic heterocycles. The van der Waals surface area contributed by atoms with Crippen LogP contribution in [-0.4, -0.2) is 24.0 Å². The topological polar surface area (TPSA) is 81.4 Å². The monoisotopic (exact) mass is 494 g/mol. The second kappa shape index (κ2) is 10.0. The standard InChI is InChI=1S/C29H22N2O4S/c1-18-24(29(33)34-2)25(28-30-22-15-9-10-16-23(22)36-28)27(35-18)31-26(32)21(20-13-7-4-8-14-20)17-19-11-5-3-6-12-19/h3-17H,1-2H3,(H,31,32)/b21-17-. The van der Waals surface area contributed by atoms with Crippen molar-refractivity contribution in [2.45, 2.75) is 6.92 Å². The smallest absolute Gasteiger partial charge is 0.342 e. The van der Waals surface area contributed by atoms with Gasteiger partial charge in [-0.05, 0) is 36.3 Å². The van der Waals surface area contributed by atoms with Crippen molar-refractivity contribution in [2.24, 2.45) is 0 Å². The molecule has 0 unspecified atom stereocenters.